The van der Waals surface area contributed by atoms with Gasteiger partial charge >= 0.3 is 5.97 Å². The summed E-state index contributed by atoms with van der Waals surface area (Å²) in [6.45, 7) is 3.58. The third kappa shape index (κ3) is 4.69. The molecule has 178 valence electrons. The predicted octanol–water partition coefficient (Wildman–Crippen LogP) is 5.29. The number of nitrogens with zero attached hydrogens (tertiary/aromatic N) is 1. The number of fused-ring (bicyclic) bond motifs is 1. The smallest absolute Gasteiger partial charge is 0.341 e. The average molecular weight is 492 g/mol. The molecule has 1 aromatic heterocycles. The number of halogens is 4. The summed E-state index contributed by atoms with van der Waals surface area (Å²) in [4.78, 5) is 28.3. The van der Waals surface area contributed by atoms with Gasteiger partial charge in [-0.15, -0.1) is 11.3 Å². The quantitative estimate of drug-likeness (QED) is 0.220. The lowest BCUT2D eigenvalue weighted by Gasteiger charge is -2.27. The third-order valence-electron chi connectivity index (χ3n) is 5.44. The second-order valence-corrected chi connectivity index (χ2v) is 8.78. The van der Waals surface area contributed by atoms with E-state index in [1.54, 1.807) is 6.92 Å². The number of amides is 1. The fourth-order valence-electron chi connectivity index (χ4n) is 3.85. The van der Waals surface area contributed by atoms with E-state index >= 15 is 0 Å². The minimum atomic E-state index is -2.09. The van der Waals surface area contributed by atoms with Crippen LogP contribution in [0.5, 0.6) is 0 Å². The largest absolute Gasteiger partial charge is 0.462 e. The van der Waals surface area contributed by atoms with Gasteiger partial charge in [0.15, 0.2) is 23.3 Å². The van der Waals surface area contributed by atoms with E-state index in [1.807, 2.05) is 30.3 Å². The number of thiophene rings is 1. The summed E-state index contributed by atoms with van der Waals surface area (Å²) in [5.41, 5.74) is 0.957. The Morgan fingerprint density at radius 2 is 1.82 bits per heavy atom. The van der Waals surface area contributed by atoms with Gasteiger partial charge in [-0.3, -0.25) is 9.69 Å². The normalized spacial score (nSPS) is 13.4. The Morgan fingerprint density at radius 3 is 2.53 bits per heavy atom. The number of nitrogens with one attached hydrogen (secondary N) is 1. The maximum atomic E-state index is 14.1. The summed E-state index contributed by atoms with van der Waals surface area (Å²) < 4.78 is 59.8. The van der Waals surface area contributed by atoms with Gasteiger partial charge in [-0.05, 0) is 30.5 Å². The molecule has 0 saturated heterocycles. The number of rotatable bonds is 6. The van der Waals surface area contributed by atoms with Crippen molar-refractivity contribution in [2.75, 3.05) is 18.5 Å². The number of hydrogen-bond acceptors (Lipinski definition) is 5. The van der Waals surface area contributed by atoms with E-state index in [0.717, 1.165) is 21.8 Å². The summed E-state index contributed by atoms with van der Waals surface area (Å²) in [6.07, 6.45) is 0.511. The Bertz CT molecular complexity index is 1250. The van der Waals surface area contributed by atoms with Crippen molar-refractivity contribution in [3.8, 4) is 0 Å². The highest BCUT2D eigenvalue weighted by Gasteiger charge is 2.31. The van der Waals surface area contributed by atoms with Crippen LogP contribution in [0.25, 0.3) is 0 Å². The van der Waals surface area contributed by atoms with Crippen LogP contribution in [-0.4, -0.2) is 29.9 Å². The van der Waals surface area contributed by atoms with Crippen molar-refractivity contribution < 1.29 is 31.9 Å². The summed E-state index contributed by atoms with van der Waals surface area (Å²) in [7, 11) is 0. The van der Waals surface area contributed by atoms with Gasteiger partial charge in [-0.2, -0.15) is 0 Å². The number of esters is 1. The highest BCUT2D eigenvalue weighted by Crippen LogP contribution is 2.38. The van der Waals surface area contributed by atoms with Gasteiger partial charge in [0, 0.05) is 24.5 Å². The number of carbonyl (C=O) groups excluding carboxylic acids is 2. The first kappa shape index (κ1) is 23.9. The fraction of sp³-hybridized carbons (Fsp3) is 0.250. The molecule has 1 aliphatic rings. The number of ether oxygens (including phenoxy) is 1. The molecule has 0 spiro atoms. The molecule has 2 heterocycles. The van der Waals surface area contributed by atoms with Gasteiger partial charge in [-0.25, -0.2) is 22.4 Å². The second kappa shape index (κ2) is 9.94. The number of anilines is 1. The summed E-state index contributed by atoms with van der Waals surface area (Å²) in [5, 5.41) is 2.45. The van der Waals surface area contributed by atoms with Gasteiger partial charge in [-0.1, -0.05) is 30.3 Å². The lowest BCUT2D eigenvalue weighted by Crippen LogP contribution is -2.30. The van der Waals surface area contributed by atoms with Gasteiger partial charge in [0.25, 0.3) is 5.91 Å². The fourth-order valence-corrected chi connectivity index (χ4v) is 5.12. The van der Waals surface area contributed by atoms with Crippen LogP contribution in [0.15, 0.2) is 36.4 Å². The molecule has 3 aromatic rings. The lowest BCUT2D eigenvalue weighted by molar-refractivity contribution is 0.0526. The zero-order valence-electron chi connectivity index (χ0n) is 18.1. The Labute approximate surface area is 197 Å². The van der Waals surface area contributed by atoms with Gasteiger partial charge in [0.05, 0.1) is 17.7 Å². The Hall–Kier alpha value is -3.24. The van der Waals surface area contributed by atoms with E-state index in [2.05, 4.69) is 10.2 Å². The van der Waals surface area contributed by atoms with Crippen molar-refractivity contribution in [3.63, 3.8) is 0 Å². The van der Waals surface area contributed by atoms with Gasteiger partial charge in [0.2, 0.25) is 0 Å². The Morgan fingerprint density at radius 1 is 1.09 bits per heavy atom. The van der Waals surface area contributed by atoms with Crippen LogP contribution < -0.4 is 5.32 Å². The van der Waals surface area contributed by atoms with Crippen LogP contribution in [0.2, 0.25) is 0 Å². The average Bonchev–Trinajstić information content (AvgIpc) is 3.17. The van der Waals surface area contributed by atoms with Crippen molar-refractivity contribution in [1.29, 1.82) is 0 Å². The zero-order chi connectivity index (χ0) is 24.4. The second-order valence-electron chi connectivity index (χ2n) is 7.68. The highest BCUT2D eigenvalue weighted by atomic mass is 32.1. The monoisotopic (exact) mass is 492 g/mol. The first-order chi connectivity index (χ1) is 16.3. The molecule has 0 atom stereocenters. The number of benzene rings is 2. The predicted molar refractivity (Wildman–Crippen MR) is 119 cm³/mol. The molecule has 0 aliphatic carbocycles. The molecule has 0 saturated carbocycles. The number of hydrogen-bond donors (Lipinski definition) is 1. The molecule has 0 fully saturated rings. The van der Waals surface area contributed by atoms with Crippen LogP contribution in [0.1, 0.15) is 43.6 Å². The minimum absolute atomic E-state index is 0.0829. The van der Waals surface area contributed by atoms with E-state index in [1.165, 1.54) is 0 Å². The molecule has 1 aliphatic heterocycles. The van der Waals surface area contributed by atoms with Crippen LogP contribution in [0, 0.1) is 23.3 Å². The standard InChI is InChI=1S/C24H20F4N2O3S/c1-2-33-24(32)18-14-8-9-30(11-13-6-4-3-5-7-13)12-17(14)34-23(18)29-22(31)15-10-16(25)20(27)21(28)19(15)26/h3-7,10H,2,8-9,11-12H2,1H3,(H,29,31). The third-order valence-corrected chi connectivity index (χ3v) is 6.57. The SMILES string of the molecule is CCOC(=O)c1c(NC(=O)c2cc(F)c(F)c(F)c2F)sc2c1CCN(Cc1ccccc1)C2. The molecule has 0 bridgehead atoms. The lowest BCUT2D eigenvalue weighted by atomic mass is 10.0. The molecular weight excluding hydrogens is 472 g/mol. The molecule has 1 N–H and O–H groups in total. The molecule has 5 nitrogen and oxygen atoms in total. The zero-order valence-corrected chi connectivity index (χ0v) is 18.9. The van der Waals surface area contributed by atoms with E-state index in [4.69, 9.17) is 4.74 Å². The van der Waals surface area contributed by atoms with Crippen molar-refractivity contribution in [1.82, 2.24) is 4.90 Å². The first-order valence-corrected chi connectivity index (χ1v) is 11.3. The highest BCUT2D eigenvalue weighted by molar-refractivity contribution is 7.17. The molecule has 1 amide bonds. The summed E-state index contributed by atoms with van der Waals surface area (Å²) >= 11 is 1.11. The molecule has 34 heavy (non-hydrogen) atoms. The first-order valence-electron chi connectivity index (χ1n) is 10.5. The molecule has 2 aromatic carbocycles. The van der Waals surface area contributed by atoms with Gasteiger partial charge < -0.3 is 10.1 Å². The maximum Gasteiger partial charge on any atom is 0.341 e. The van der Waals surface area contributed by atoms with Crippen LogP contribution >= 0.6 is 11.3 Å². The van der Waals surface area contributed by atoms with Crippen molar-refractivity contribution in [2.24, 2.45) is 0 Å². The van der Waals surface area contributed by atoms with E-state index in [0.29, 0.717) is 31.6 Å². The summed E-state index contributed by atoms with van der Waals surface area (Å²) in [6, 6.07) is 10.1. The van der Waals surface area contributed by atoms with Crippen LogP contribution in [-0.2, 0) is 24.2 Å². The van der Waals surface area contributed by atoms with Crippen LogP contribution in [0.4, 0.5) is 22.6 Å². The molecule has 0 radical (unpaired) electrons. The molecule has 10 heteroatoms. The molecule has 4 rings (SSSR count). The van der Waals surface area contributed by atoms with E-state index < -0.39 is 40.7 Å². The Balaban J connectivity index is 1.64. The van der Waals surface area contributed by atoms with Crippen molar-refractivity contribution >= 4 is 28.2 Å². The molecule has 0 unspecified atom stereocenters. The van der Waals surface area contributed by atoms with Crippen LogP contribution in [0.3, 0.4) is 0 Å². The number of carbonyl (C=O) groups is 2. The Kier molecular flexibility index (Phi) is 6.99. The van der Waals surface area contributed by atoms with Gasteiger partial charge in [0.1, 0.15) is 5.00 Å². The van der Waals surface area contributed by atoms with E-state index in [9.17, 15) is 27.2 Å². The van der Waals surface area contributed by atoms with Crippen molar-refractivity contribution in [2.45, 2.75) is 26.4 Å². The minimum Gasteiger partial charge on any atom is -0.462 e. The molecular formula is C24H20F4N2O3S. The van der Waals surface area contributed by atoms with E-state index in [-0.39, 0.29) is 23.2 Å². The topological polar surface area (TPSA) is 58.6 Å². The van der Waals surface area contributed by atoms with Crippen molar-refractivity contribution in [3.05, 3.63) is 86.8 Å². The maximum absolute atomic E-state index is 14.1. The summed E-state index contributed by atoms with van der Waals surface area (Å²) in [5.74, 6) is -9.48.